The Labute approximate surface area is 124 Å². The average Bonchev–Trinajstić information content (AvgIpc) is 3.04. The summed E-state index contributed by atoms with van der Waals surface area (Å²) in [5, 5.41) is 3.28. The fraction of sp³-hybridized carbons (Fsp3) is 0.375. The number of rotatable bonds is 5. The molecule has 0 aliphatic carbocycles. The van der Waals surface area contributed by atoms with E-state index in [0.29, 0.717) is 5.95 Å². The molecule has 1 aliphatic heterocycles. The molecule has 0 saturated carbocycles. The van der Waals surface area contributed by atoms with E-state index in [1.165, 1.54) is 25.0 Å². The van der Waals surface area contributed by atoms with Gasteiger partial charge in [-0.25, -0.2) is 14.4 Å². The monoisotopic (exact) mass is 286 g/mol. The second-order valence-corrected chi connectivity index (χ2v) is 5.26. The summed E-state index contributed by atoms with van der Waals surface area (Å²) < 4.78 is 13.1. The van der Waals surface area contributed by atoms with E-state index in [1.807, 2.05) is 12.1 Å². The van der Waals surface area contributed by atoms with Crippen molar-refractivity contribution in [3.8, 4) is 0 Å². The third kappa shape index (κ3) is 3.55. The normalized spacial score (nSPS) is 16.8. The molecule has 110 valence electrons. The van der Waals surface area contributed by atoms with Gasteiger partial charge in [-0.05, 0) is 49.7 Å². The lowest BCUT2D eigenvalue weighted by molar-refractivity contribution is 0.255. The van der Waals surface area contributed by atoms with E-state index in [-0.39, 0.29) is 11.9 Å². The van der Waals surface area contributed by atoms with Crippen LogP contribution in [0.2, 0.25) is 0 Å². The number of nitrogens with one attached hydrogen (secondary N) is 1. The second kappa shape index (κ2) is 6.63. The molecule has 1 aromatic carbocycles. The summed E-state index contributed by atoms with van der Waals surface area (Å²) >= 11 is 0. The molecule has 1 aliphatic rings. The van der Waals surface area contributed by atoms with Gasteiger partial charge in [0.25, 0.3) is 0 Å². The number of hydrogen-bond donors (Lipinski definition) is 1. The lowest BCUT2D eigenvalue weighted by atomic mass is 10.1. The summed E-state index contributed by atoms with van der Waals surface area (Å²) in [6.45, 7) is 2.88. The molecule has 1 saturated heterocycles. The average molecular weight is 286 g/mol. The molecule has 21 heavy (non-hydrogen) atoms. The van der Waals surface area contributed by atoms with Crippen LogP contribution in [0.5, 0.6) is 0 Å². The molecule has 0 bridgehead atoms. The van der Waals surface area contributed by atoms with Gasteiger partial charge in [0, 0.05) is 18.9 Å². The van der Waals surface area contributed by atoms with Gasteiger partial charge in [-0.3, -0.25) is 4.90 Å². The number of hydrogen-bond acceptors (Lipinski definition) is 4. The zero-order valence-corrected chi connectivity index (χ0v) is 11.9. The van der Waals surface area contributed by atoms with Crippen LogP contribution >= 0.6 is 0 Å². The van der Waals surface area contributed by atoms with Gasteiger partial charge < -0.3 is 5.32 Å². The molecule has 1 N–H and O–H groups in total. The first-order chi connectivity index (χ1) is 10.3. The molecule has 1 fully saturated rings. The first kappa shape index (κ1) is 13.9. The van der Waals surface area contributed by atoms with Gasteiger partial charge in [0.05, 0.1) is 6.04 Å². The van der Waals surface area contributed by atoms with E-state index in [1.54, 1.807) is 18.5 Å². The van der Waals surface area contributed by atoms with E-state index in [9.17, 15) is 4.39 Å². The fourth-order valence-corrected chi connectivity index (χ4v) is 2.77. The van der Waals surface area contributed by atoms with Crippen LogP contribution in [0.4, 0.5) is 10.3 Å². The van der Waals surface area contributed by atoms with Crippen molar-refractivity contribution < 1.29 is 4.39 Å². The summed E-state index contributed by atoms with van der Waals surface area (Å²) in [7, 11) is 0. The summed E-state index contributed by atoms with van der Waals surface area (Å²) in [6, 6.07) is 8.80. The highest BCUT2D eigenvalue weighted by molar-refractivity contribution is 5.27. The van der Waals surface area contributed by atoms with Gasteiger partial charge in [-0.1, -0.05) is 12.1 Å². The van der Waals surface area contributed by atoms with E-state index in [0.717, 1.165) is 25.2 Å². The molecular weight excluding hydrogens is 267 g/mol. The highest BCUT2D eigenvalue weighted by Crippen LogP contribution is 2.25. The molecule has 3 rings (SSSR count). The number of nitrogens with zero attached hydrogens (tertiary/aromatic N) is 3. The SMILES string of the molecule is Fc1ccc(C(CNc2ncccn2)N2CCCC2)cc1. The number of aromatic nitrogens is 2. The quantitative estimate of drug-likeness (QED) is 0.917. The second-order valence-electron chi connectivity index (χ2n) is 5.26. The van der Waals surface area contributed by atoms with Crippen molar-refractivity contribution in [2.45, 2.75) is 18.9 Å². The standard InChI is InChI=1S/C16H19FN4/c17-14-6-4-13(5-7-14)15(21-10-1-2-11-21)12-20-16-18-8-3-9-19-16/h3-9,15H,1-2,10-12H2,(H,18,19,20). The maximum atomic E-state index is 13.1. The van der Waals surface area contributed by atoms with Crippen LogP contribution in [0.25, 0.3) is 0 Å². The van der Waals surface area contributed by atoms with Crippen molar-refractivity contribution in [3.63, 3.8) is 0 Å². The number of benzene rings is 1. The molecule has 0 amide bonds. The van der Waals surface area contributed by atoms with Crippen molar-refractivity contribution in [1.82, 2.24) is 14.9 Å². The van der Waals surface area contributed by atoms with Crippen LogP contribution in [0.15, 0.2) is 42.7 Å². The molecule has 0 spiro atoms. The van der Waals surface area contributed by atoms with Gasteiger partial charge in [-0.2, -0.15) is 0 Å². The molecule has 0 radical (unpaired) electrons. The van der Waals surface area contributed by atoms with Gasteiger partial charge in [0.2, 0.25) is 5.95 Å². The van der Waals surface area contributed by atoms with Gasteiger partial charge in [0.1, 0.15) is 5.82 Å². The van der Waals surface area contributed by atoms with E-state index >= 15 is 0 Å². The molecule has 5 heteroatoms. The Balaban J connectivity index is 1.74. The van der Waals surface area contributed by atoms with Crippen molar-refractivity contribution in [1.29, 1.82) is 0 Å². The maximum Gasteiger partial charge on any atom is 0.222 e. The van der Waals surface area contributed by atoms with Gasteiger partial charge in [-0.15, -0.1) is 0 Å². The zero-order chi connectivity index (χ0) is 14.5. The van der Waals surface area contributed by atoms with E-state index < -0.39 is 0 Å². The van der Waals surface area contributed by atoms with Crippen molar-refractivity contribution in [2.75, 3.05) is 25.0 Å². The molecule has 4 nitrogen and oxygen atoms in total. The van der Waals surface area contributed by atoms with Crippen LogP contribution in [0.1, 0.15) is 24.4 Å². The van der Waals surface area contributed by atoms with Crippen LogP contribution in [-0.2, 0) is 0 Å². The molecular formula is C16H19FN4. The molecule has 1 atom stereocenters. The Kier molecular flexibility index (Phi) is 4.40. The van der Waals surface area contributed by atoms with Gasteiger partial charge >= 0.3 is 0 Å². The summed E-state index contributed by atoms with van der Waals surface area (Å²) in [4.78, 5) is 10.8. The zero-order valence-electron chi connectivity index (χ0n) is 11.9. The Morgan fingerprint density at radius 2 is 1.76 bits per heavy atom. The Hall–Kier alpha value is -2.01. The minimum absolute atomic E-state index is 0.196. The smallest absolute Gasteiger partial charge is 0.222 e. The minimum atomic E-state index is -0.196. The highest BCUT2D eigenvalue weighted by atomic mass is 19.1. The maximum absolute atomic E-state index is 13.1. The third-order valence-electron chi connectivity index (χ3n) is 3.86. The van der Waals surface area contributed by atoms with Gasteiger partial charge in [0.15, 0.2) is 0 Å². The predicted molar refractivity (Wildman–Crippen MR) is 80.5 cm³/mol. The Morgan fingerprint density at radius 3 is 2.43 bits per heavy atom. The minimum Gasteiger partial charge on any atom is -0.352 e. The summed E-state index contributed by atoms with van der Waals surface area (Å²) in [5.74, 6) is 0.432. The highest BCUT2D eigenvalue weighted by Gasteiger charge is 2.23. The van der Waals surface area contributed by atoms with E-state index in [2.05, 4.69) is 20.2 Å². The van der Waals surface area contributed by atoms with Crippen LogP contribution in [0, 0.1) is 5.82 Å². The number of likely N-dealkylation sites (tertiary alicyclic amines) is 1. The summed E-state index contributed by atoms with van der Waals surface area (Å²) in [6.07, 6.45) is 5.88. The van der Waals surface area contributed by atoms with Crippen LogP contribution in [0.3, 0.4) is 0 Å². The van der Waals surface area contributed by atoms with Crippen molar-refractivity contribution in [3.05, 3.63) is 54.1 Å². The molecule has 2 heterocycles. The van der Waals surface area contributed by atoms with Crippen LogP contribution < -0.4 is 5.32 Å². The largest absolute Gasteiger partial charge is 0.352 e. The first-order valence-electron chi connectivity index (χ1n) is 7.33. The van der Waals surface area contributed by atoms with Crippen LogP contribution in [-0.4, -0.2) is 34.5 Å². The molecule has 2 aromatic rings. The molecule has 1 unspecified atom stereocenters. The molecule has 1 aromatic heterocycles. The summed E-state index contributed by atoms with van der Waals surface area (Å²) in [5.41, 5.74) is 1.13. The Bertz CT molecular complexity index is 552. The first-order valence-corrected chi connectivity index (χ1v) is 7.33. The lowest BCUT2D eigenvalue weighted by Crippen LogP contribution is -2.31. The van der Waals surface area contributed by atoms with Crippen molar-refractivity contribution >= 4 is 5.95 Å². The topological polar surface area (TPSA) is 41.1 Å². The van der Waals surface area contributed by atoms with E-state index in [4.69, 9.17) is 0 Å². The number of halogens is 1. The number of anilines is 1. The van der Waals surface area contributed by atoms with Crippen molar-refractivity contribution in [2.24, 2.45) is 0 Å². The fourth-order valence-electron chi connectivity index (χ4n) is 2.77. The third-order valence-corrected chi connectivity index (χ3v) is 3.86. The predicted octanol–water partition coefficient (Wildman–Crippen LogP) is 2.86. The Morgan fingerprint density at radius 1 is 1.10 bits per heavy atom. The lowest BCUT2D eigenvalue weighted by Gasteiger charge is -2.28.